The van der Waals surface area contributed by atoms with Gasteiger partial charge in [0.15, 0.2) is 0 Å². The first-order valence-corrected chi connectivity index (χ1v) is 8.40. The monoisotopic (exact) mass is 344 g/mol. The van der Waals surface area contributed by atoms with Crippen LogP contribution in [0, 0.1) is 18.3 Å². The molecule has 1 aromatic carbocycles. The van der Waals surface area contributed by atoms with E-state index in [4.69, 9.17) is 5.11 Å². The summed E-state index contributed by atoms with van der Waals surface area (Å²) >= 11 is 2.53. The van der Waals surface area contributed by atoms with Crippen LogP contribution in [0.15, 0.2) is 18.2 Å². The first-order valence-electron chi connectivity index (χ1n) is 6.77. The van der Waals surface area contributed by atoms with Crippen LogP contribution in [0.4, 0.5) is 0 Å². The van der Waals surface area contributed by atoms with Crippen molar-refractivity contribution in [3.8, 4) is 16.0 Å². The molecule has 0 fully saturated rings. The molecule has 2 N–H and O–H groups in total. The maximum atomic E-state index is 11.2. The molecule has 0 saturated carbocycles. The van der Waals surface area contributed by atoms with Crippen LogP contribution in [0.1, 0.15) is 39.5 Å². The van der Waals surface area contributed by atoms with Crippen molar-refractivity contribution in [1.29, 1.82) is 5.26 Å². The van der Waals surface area contributed by atoms with Crippen molar-refractivity contribution in [3.63, 3.8) is 0 Å². The van der Waals surface area contributed by atoms with Gasteiger partial charge in [-0.1, -0.05) is 0 Å². The third-order valence-electron chi connectivity index (χ3n) is 3.44. The molecule has 2 heterocycles. The largest absolute Gasteiger partial charge is 0.477 e. The summed E-state index contributed by atoms with van der Waals surface area (Å²) in [4.78, 5) is 16.5. The number of hydrogen-bond acceptors (Lipinski definition) is 6. The van der Waals surface area contributed by atoms with Gasteiger partial charge in [0.05, 0.1) is 26.9 Å². The molecule has 1 atom stereocenters. The average molecular weight is 344 g/mol. The number of nitrogens with zero attached hydrogens (tertiary/aromatic N) is 2. The van der Waals surface area contributed by atoms with Gasteiger partial charge in [-0.05, 0) is 43.0 Å². The van der Waals surface area contributed by atoms with Crippen molar-refractivity contribution in [3.05, 3.63) is 39.9 Å². The van der Waals surface area contributed by atoms with E-state index in [1.165, 1.54) is 11.3 Å². The molecule has 1 unspecified atom stereocenters. The second kappa shape index (κ2) is 5.74. The lowest BCUT2D eigenvalue weighted by molar-refractivity contribution is 0.0701. The highest BCUT2D eigenvalue weighted by atomic mass is 32.1. The number of nitriles is 1. The van der Waals surface area contributed by atoms with E-state index in [1.54, 1.807) is 19.9 Å². The van der Waals surface area contributed by atoms with E-state index in [2.05, 4.69) is 11.1 Å². The number of thiazole rings is 1. The predicted octanol–water partition coefficient (Wildman–Crippen LogP) is 3.96. The molecule has 0 aliphatic rings. The molecule has 0 radical (unpaired) electrons. The zero-order valence-corrected chi connectivity index (χ0v) is 14.0. The Bertz CT molecular complexity index is 964. The highest BCUT2D eigenvalue weighted by Gasteiger charge is 2.18. The van der Waals surface area contributed by atoms with E-state index in [0.717, 1.165) is 26.3 Å². The van der Waals surface area contributed by atoms with Crippen LogP contribution in [0.2, 0.25) is 0 Å². The van der Waals surface area contributed by atoms with Crippen molar-refractivity contribution in [2.24, 2.45) is 0 Å². The number of aromatic nitrogens is 1. The predicted molar refractivity (Wildman–Crippen MR) is 90.0 cm³/mol. The summed E-state index contributed by atoms with van der Waals surface area (Å²) in [7, 11) is 0. The summed E-state index contributed by atoms with van der Waals surface area (Å²) in [5.41, 5.74) is 1.67. The molecule has 0 bridgehead atoms. The number of fused-ring (bicyclic) bond motifs is 1. The first-order chi connectivity index (χ1) is 10.9. The number of benzene rings is 1. The topological polar surface area (TPSA) is 94.2 Å². The zero-order chi connectivity index (χ0) is 16.7. The average Bonchev–Trinajstić information content (AvgIpc) is 3.08. The standard InChI is InChI=1S/C16H12N2O3S2/c1-7-13(16(20)21)23-15(18-7)12-5-10-3-9(8(2)19)4-11(6-17)14(10)22-12/h3-5,8,19H,1-2H3,(H,20,21). The molecule has 2 aromatic heterocycles. The molecule has 5 nitrogen and oxygen atoms in total. The lowest BCUT2D eigenvalue weighted by Crippen LogP contribution is -1.94. The van der Waals surface area contributed by atoms with Crippen LogP contribution < -0.4 is 0 Å². The number of rotatable bonds is 3. The molecule has 116 valence electrons. The third kappa shape index (κ3) is 2.72. The van der Waals surface area contributed by atoms with Crippen molar-refractivity contribution >= 4 is 38.7 Å². The summed E-state index contributed by atoms with van der Waals surface area (Å²) in [5.74, 6) is -0.985. The second-order valence-corrected chi connectivity index (χ2v) is 7.18. The molecule has 0 aliphatic heterocycles. The Kier molecular flexibility index (Phi) is 3.90. The summed E-state index contributed by atoms with van der Waals surface area (Å²) in [5, 5.41) is 29.7. The third-order valence-corrected chi connectivity index (χ3v) is 5.94. The van der Waals surface area contributed by atoms with Crippen LogP contribution in [0.3, 0.4) is 0 Å². The van der Waals surface area contributed by atoms with Gasteiger partial charge in [0.2, 0.25) is 0 Å². The fourth-order valence-electron chi connectivity index (χ4n) is 2.31. The molecular weight excluding hydrogens is 332 g/mol. The molecule has 0 aliphatic carbocycles. The van der Waals surface area contributed by atoms with Crippen LogP contribution >= 0.6 is 22.7 Å². The van der Waals surface area contributed by atoms with E-state index in [0.29, 0.717) is 21.8 Å². The van der Waals surface area contributed by atoms with Gasteiger partial charge in [-0.3, -0.25) is 0 Å². The van der Waals surface area contributed by atoms with Crippen LogP contribution in [-0.2, 0) is 0 Å². The molecule has 0 amide bonds. The van der Waals surface area contributed by atoms with E-state index in [-0.39, 0.29) is 4.88 Å². The molecule has 7 heteroatoms. The van der Waals surface area contributed by atoms with E-state index >= 15 is 0 Å². The van der Waals surface area contributed by atoms with Crippen molar-refractivity contribution in [2.45, 2.75) is 20.0 Å². The molecule has 3 aromatic rings. The van der Waals surface area contributed by atoms with E-state index in [9.17, 15) is 15.2 Å². The Morgan fingerprint density at radius 2 is 2.09 bits per heavy atom. The number of carboxylic acid groups (broad SMARTS) is 1. The lowest BCUT2D eigenvalue weighted by atomic mass is 10.0. The molecule has 0 spiro atoms. The van der Waals surface area contributed by atoms with Gasteiger partial charge < -0.3 is 10.2 Å². The van der Waals surface area contributed by atoms with Crippen LogP contribution in [-0.4, -0.2) is 21.2 Å². The maximum Gasteiger partial charge on any atom is 0.347 e. The van der Waals surface area contributed by atoms with Crippen molar-refractivity contribution in [2.75, 3.05) is 0 Å². The number of aryl methyl sites for hydroxylation is 1. The van der Waals surface area contributed by atoms with Crippen LogP contribution in [0.5, 0.6) is 0 Å². The Balaban J connectivity index is 2.19. The van der Waals surface area contributed by atoms with Gasteiger partial charge in [-0.2, -0.15) is 5.26 Å². The second-order valence-electron chi connectivity index (χ2n) is 5.12. The van der Waals surface area contributed by atoms with Gasteiger partial charge in [0.1, 0.15) is 16.0 Å². The Morgan fingerprint density at radius 3 is 2.65 bits per heavy atom. The van der Waals surface area contributed by atoms with E-state index in [1.807, 2.05) is 12.1 Å². The number of hydrogen-bond donors (Lipinski definition) is 2. The number of thiophene rings is 1. The van der Waals surface area contributed by atoms with Crippen molar-refractivity contribution < 1.29 is 15.0 Å². The SMILES string of the molecule is Cc1nc(-c2cc3cc(C(C)O)cc(C#N)c3s2)sc1C(=O)O. The molecular formula is C16H12N2O3S2. The van der Waals surface area contributed by atoms with E-state index < -0.39 is 12.1 Å². The molecule has 3 rings (SSSR count). The summed E-state index contributed by atoms with van der Waals surface area (Å²) in [6, 6.07) is 7.57. The minimum Gasteiger partial charge on any atom is -0.477 e. The zero-order valence-electron chi connectivity index (χ0n) is 12.3. The van der Waals surface area contributed by atoms with Gasteiger partial charge in [0, 0.05) is 0 Å². The minimum atomic E-state index is -0.985. The maximum absolute atomic E-state index is 11.2. The molecule has 0 saturated heterocycles. The highest BCUT2D eigenvalue weighted by Crippen LogP contribution is 2.39. The Morgan fingerprint density at radius 1 is 1.35 bits per heavy atom. The number of aliphatic hydroxyl groups excluding tert-OH is 1. The molecule has 23 heavy (non-hydrogen) atoms. The smallest absolute Gasteiger partial charge is 0.347 e. The van der Waals surface area contributed by atoms with Gasteiger partial charge in [-0.25, -0.2) is 9.78 Å². The summed E-state index contributed by atoms with van der Waals surface area (Å²) < 4.78 is 0.816. The normalized spacial score (nSPS) is 12.3. The van der Waals surface area contributed by atoms with Gasteiger partial charge >= 0.3 is 5.97 Å². The van der Waals surface area contributed by atoms with Gasteiger partial charge in [-0.15, -0.1) is 22.7 Å². The van der Waals surface area contributed by atoms with Crippen molar-refractivity contribution in [1.82, 2.24) is 4.98 Å². The number of carboxylic acids is 1. The summed E-state index contributed by atoms with van der Waals surface area (Å²) in [6.07, 6.45) is -0.657. The quantitative estimate of drug-likeness (QED) is 0.750. The first kappa shape index (κ1) is 15.6. The van der Waals surface area contributed by atoms with Crippen LogP contribution in [0.25, 0.3) is 20.0 Å². The minimum absolute atomic E-state index is 0.225. The number of aromatic carboxylic acids is 1. The number of carbonyl (C=O) groups is 1. The summed E-state index contributed by atoms with van der Waals surface area (Å²) in [6.45, 7) is 3.32. The highest BCUT2D eigenvalue weighted by molar-refractivity contribution is 7.26. The Labute approximate surface area is 140 Å². The van der Waals surface area contributed by atoms with Gasteiger partial charge in [0.25, 0.3) is 0 Å². The lowest BCUT2D eigenvalue weighted by Gasteiger charge is -2.05. The fourth-order valence-corrected chi connectivity index (χ4v) is 4.36. The Hall–Kier alpha value is -2.27. The fraction of sp³-hybridized carbons (Fsp3) is 0.188. The number of aliphatic hydroxyl groups is 1.